The number of carboxylic acid groups (broad SMARTS) is 1. The van der Waals surface area contributed by atoms with Crippen LogP contribution in [0.4, 0.5) is 0 Å². The average Bonchev–Trinajstić information content (AvgIpc) is 1.99. The molecular weight excluding hydrogens is 232 g/mol. The monoisotopic (exact) mass is 242 g/mol. The lowest BCUT2D eigenvalue weighted by Crippen LogP contribution is -2.41. The summed E-state index contributed by atoms with van der Waals surface area (Å²) in [5.74, 6) is -2.70. The van der Waals surface area contributed by atoms with Crippen LogP contribution in [0.15, 0.2) is 0 Å². The molecule has 0 spiro atoms. The highest BCUT2D eigenvalue weighted by Crippen LogP contribution is 2.04. The molecule has 15 heavy (non-hydrogen) atoms. The molecule has 2 atom stereocenters. The number of carbonyl (C=O) groups is 2. The second-order valence-electron chi connectivity index (χ2n) is 2.60. The maximum Gasteiger partial charge on any atom is 0.398 e. The molecule has 0 heterocycles. The lowest BCUT2D eigenvalue weighted by molar-refractivity contribution is -0.139. The number of carboxylic acids is 1. The molecule has 0 aromatic carbocycles. The first kappa shape index (κ1) is 13.8. The summed E-state index contributed by atoms with van der Waals surface area (Å²) in [6, 6.07) is -1.52. The van der Waals surface area contributed by atoms with Gasteiger partial charge in [-0.15, -0.1) is 0 Å². The number of hydrogen-bond acceptors (Lipinski definition) is 6. The summed E-state index contributed by atoms with van der Waals surface area (Å²) in [6.45, 7) is 0. The van der Waals surface area contributed by atoms with Gasteiger partial charge in [0.2, 0.25) is 5.91 Å². The summed E-state index contributed by atoms with van der Waals surface area (Å²) in [4.78, 5) is 20.9. The number of rotatable bonds is 6. The lowest BCUT2D eigenvalue weighted by Gasteiger charge is -2.13. The topological polar surface area (TPSA) is 170 Å². The van der Waals surface area contributed by atoms with Crippen LogP contribution in [0.5, 0.6) is 0 Å². The van der Waals surface area contributed by atoms with Crippen LogP contribution in [-0.4, -0.2) is 42.1 Å². The Morgan fingerprint density at radius 2 is 1.87 bits per heavy atom. The highest BCUT2D eigenvalue weighted by molar-refractivity contribution is 7.80. The van der Waals surface area contributed by atoms with E-state index in [4.69, 9.17) is 21.1 Å². The molecule has 0 aliphatic carbocycles. The van der Waals surface area contributed by atoms with Crippen LogP contribution in [-0.2, 0) is 24.2 Å². The van der Waals surface area contributed by atoms with Gasteiger partial charge in [0, 0.05) is 6.42 Å². The fourth-order valence-electron chi connectivity index (χ4n) is 0.681. The van der Waals surface area contributed by atoms with Gasteiger partial charge in [0.15, 0.2) is 6.10 Å². The molecule has 0 radical (unpaired) electrons. The van der Waals surface area contributed by atoms with Crippen molar-refractivity contribution in [2.24, 2.45) is 11.5 Å². The van der Waals surface area contributed by atoms with Crippen LogP contribution >= 0.6 is 0 Å². The van der Waals surface area contributed by atoms with Crippen LogP contribution in [0.3, 0.4) is 0 Å². The van der Waals surface area contributed by atoms with Gasteiger partial charge >= 0.3 is 16.4 Å². The molecule has 0 aliphatic heterocycles. The maximum atomic E-state index is 10.6. The van der Waals surface area contributed by atoms with E-state index in [-0.39, 0.29) is 0 Å². The zero-order chi connectivity index (χ0) is 12.2. The Labute approximate surface area is 84.9 Å². The van der Waals surface area contributed by atoms with Crippen LogP contribution in [0.2, 0.25) is 0 Å². The van der Waals surface area contributed by atoms with Crippen molar-refractivity contribution in [3.8, 4) is 0 Å². The van der Waals surface area contributed by atoms with Crippen molar-refractivity contribution < 1.29 is 31.8 Å². The van der Waals surface area contributed by atoms with Crippen LogP contribution in [0, 0.1) is 0 Å². The minimum Gasteiger partial charge on any atom is -0.480 e. The van der Waals surface area contributed by atoms with Crippen molar-refractivity contribution in [3.05, 3.63) is 0 Å². The summed E-state index contributed by atoms with van der Waals surface area (Å²) >= 11 is 0. The molecule has 0 saturated carbocycles. The third-order valence-electron chi connectivity index (χ3n) is 1.34. The Morgan fingerprint density at radius 1 is 1.40 bits per heavy atom. The Morgan fingerprint density at radius 3 is 2.13 bits per heavy atom. The standard InChI is InChI=1S/C5H10N2O7S/c6-2(5(9)10)1-3(4(7)8)14-15(11,12)13/h2-3H,1,6H2,(H2,7,8)(H,9,10)(H,11,12,13)/t2-,3+/m0/s1. The third-order valence-corrected chi connectivity index (χ3v) is 1.82. The fraction of sp³-hybridized carbons (Fsp3) is 0.600. The van der Waals surface area contributed by atoms with Crippen LogP contribution in [0.25, 0.3) is 0 Å². The minimum absolute atomic E-state index is 0.662. The van der Waals surface area contributed by atoms with E-state index in [1.165, 1.54) is 0 Å². The van der Waals surface area contributed by atoms with Gasteiger partial charge in [-0.05, 0) is 0 Å². The van der Waals surface area contributed by atoms with Crippen molar-refractivity contribution >= 4 is 22.3 Å². The van der Waals surface area contributed by atoms with Gasteiger partial charge in [0.05, 0.1) is 0 Å². The number of nitrogens with two attached hydrogens (primary N) is 2. The van der Waals surface area contributed by atoms with E-state index in [0.717, 1.165) is 0 Å². The Bertz CT molecular complexity index is 350. The summed E-state index contributed by atoms with van der Waals surface area (Å²) in [6.07, 6.45) is -2.48. The van der Waals surface area contributed by atoms with Crippen molar-refractivity contribution in [2.75, 3.05) is 0 Å². The van der Waals surface area contributed by atoms with Crippen molar-refractivity contribution in [1.82, 2.24) is 0 Å². The van der Waals surface area contributed by atoms with E-state index in [1.807, 2.05) is 0 Å². The zero-order valence-corrected chi connectivity index (χ0v) is 8.18. The second kappa shape index (κ2) is 5.02. The highest BCUT2D eigenvalue weighted by Gasteiger charge is 2.27. The first-order valence-electron chi connectivity index (χ1n) is 3.57. The zero-order valence-electron chi connectivity index (χ0n) is 7.36. The molecule has 10 heteroatoms. The number of primary amides is 1. The van der Waals surface area contributed by atoms with Gasteiger partial charge in [0.1, 0.15) is 6.04 Å². The molecule has 6 N–H and O–H groups in total. The third kappa shape index (κ3) is 5.96. The molecule has 0 unspecified atom stereocenters. The lowest BCUT2D eigenvalue weighted by atomic mass is 10.1. The van der Waals surface area contributed by atoms with Gasteiger partial charge in [-0.2, -0.15) is 8.42 Å². The summed E-state index contributed by atoms with van der Waals surface area (Å²) < 4.78 is 32.5. The predicted molar refractivity (Wildman–Crippen MR) is 45.8 cm³/mol. The predicted octanol–water partition coefficient (Wildman–Crippen LogP) is -2.54. The molecule has 0 fully saturated rings. The number of amides is 1. The number of aliphatic carboxylic acids is 1. The Kier molecular flexibility index (Phi) is 4.61. The highest BCUT2D eigenvalue weighted by atomic mass is 32.3. The van der Waals surface area contributed by atoms with Crippen LogP contribution < -0.4 is 11.5 Å². The van der Waals surface area contributed by atoms with Gasteiger partial charge in [-0.3, -0.25) is 14.1 Å². The molecule has 88 valence electrons. The fourth-order valence-corrected chi connectivity index (χ4v) is 1.15. The molecule has 0 saturated heterocycles. The van der Waals surface area contributed by atoms with Crippen molar-refractivity contribution in [1.29, 1.82) is 0 Å². The van der Waals surface area contributed by atoms with E-state index in [9.17, 15) is 18.0 Å². The Hall–Kier alpha value is -1.23. The molecule has 0 aliphatic rings. The second-order valence-corrected chi connectivity index (χ2v) is 3.64. The van der Waals surface area contributed by atoms with E-state index >= 15 is 0 Å². The molecule has 0 rings (SSSR count). The van der Waals surface area contributed by atoms with Gasteiger partial charge in [0.25, 0.3) is 0 Å². The van der Waals surface area contributed by atoms with E-state index in [2.05, 4.69) is 4.18 Å². The summed E-state index contributed by atoms with van der Waals surface area (Å²) in [5, 5.41) is 8.37. The molecule has 0 aromatic heterocycles. The summed E-state index contributed by atoms with van der Waals surface area (Å²) in [7, 11) is -4.89. The van der Waals surface area contributed by atoms with Gasteiger partial charge in [-0.1, -0.05) is 0 Å². The average molecular weight is 242 g/mol. The quantitative estimate of drug-likeness (QED) is 0.369. The smallest absolute Gasteiger partial charge is 0.398 e. The summed E-state index contributed by atoms with van der Waals surface area (Å²) in [5.41, 5.74) is 9.71. The molecular formula is C5H10N2O7S. The van der Waals surface area contributed by atoms with Gasteiger partial charge < -0.3 is 16.6 Å². The van der Waals surface area contributed by atoms with Crippen molar-refractivity contribution in [3.63, 3.8) is 0 Å². The molecule has 1 amide bonds. The van der Waals surface area contributed by atoms with Gasteiger partial charge in [-0.25, -0.2) is 4.18 Å². The van der Waals surface area contributed by atoms with Crippen LogP contribution in [0.1, 0.15) is 6.42 Å². The van der Waals surface area contributed by atoms with E-state index in [1.54, 1.807) is 0 Å². The number of carbonyl (C=O) groups excluding carboxylic acids is 1. The van der Waals surface area contributed by atoms with E-state index in [0.29, 0.717) is 0 Å². The SMILES string of the molecule is NC(=O)[C@@H](C[C@H](N)C(=O)O)OS(=O)(=O)O. The van der Waals surface area contributed by atoms with E-state index < -0.39 is 40.8 Å². The van der Waals surface area contributed by atoms with Crippen molar-refractivity contribution in [2.45, 2.75) is 18.6 Å². The molecule has 0 aromatic rings. The Balaban J connectivity index is 4.56. The maximum absolute atomic E-state index is 10.6. The molecule has 0 bridgehead atoms. The molecule has 9 nitrogen and oxygen atoms in total. The number of hydrogen-bond donors (Lipinski definition) is 4. The first-order valence-corrected chi connectivity index (χ1v) is 4.93. The normalized spacial score (nSPS) is 15.6. The largest absolute Gasteiger partial charge is 0.480 e. The minimum atomic E-state index is -4.89. The first-order chi connectivity index (χ1) is 6.63.